The fraction of sp³-hybridized carbons (Fsp3) is 0.308. The van der Waals surface area contributed by atoms with Gasteiger partial charge in [0.2, 0.25) is 0 Å². The van der Waals surface area contributed by atoms with E-state index in [0.29, 0.717) is 5.75 Å². The van der Waals surface area contributed by atoms with Crippen molar-refractivity contribution in [2.24, 2.45) is 7.05 Å². The molecule has 0 atom stereocenters. The van der Waals surface area contributed by atoms with E-state index in [1.54, 1.807) is 11.7 Å². The molecule has 0 aliphatic rings. The number of ether oxygens (including phenoxy) is 1. The van der Waals surface area contributed by atoms with Gasteiger partial charge in [-0.2, -0.15) is 18.3 Å². The fourth-order valence-corrected chi connectivity index (χ4v) is 2.18. The van der Waals surface area contributed by atoms with Crippen molar-refractivity contribution in [3.8, 4) is 5.75 Å². The van der Waals surface area contributed by atoms with Crippen molar-refractivity contribution in [3.05, 3.63) is 45.7 Å². The minimum atomic E-state index is -4.33. The highest BCUT2D eigenvalue weighted by Crippen LogP contribution is 2.30. The Hall–Kier alpha value is -1.50. The number of rotatable bonds is 3. The molecule has 0 amide bonds. The van der Waals surface area contributed by atoms with Gasteiger partial charge in [-0.05, 0) is 47.1 Å². The monoisotopic (exact) mass is 348 g/mol. The van der Waals surface area contributed by atoms with Crippen molar-refractivity contribution in [3.63, 3.8) is 0 Å². The summed E-state index contributed by atoms with van der Waals surface area (Å²) in [7, 11) is 1.78. The van der Waals surface area contributed by atoms with Crippen LogP contribution in [0.1, 0.15) is 17.0 Å². The van der Waals surface area contributed by atoms with Crippen LogP contribution in [0.5, 0.6) is 5.75 Å². The Morgan fingerprint density at radius 1 is 1.25 bits per heavy atom. The molecule has 0 saturated carbocycles. The van der Waals surface area contributed by atoms with E-state index in [1.165, 1.54) is 12.1 Å². The zero-order chi connectivity index (χ0) is 14.9. The van der Waals surface area contributed by atoms with Gasteiger partial charge < -0.3 is 4.74 Å². The lowest BCUT2D eigenvalue weighted by atomic mass is 10.2. The van der Waals surface area contributed by atoms with Gasteiger partial charge in [-0.3, -0.25) is 4.68 Å². The molecule has 0 aliphatic carbocycles. The van der Waals surface area contributed by atoms with Crippen molar-refractivity contribution in [2.75, 3.05) is 0 Å². The third-order valence-electron chi connectivity index (χ3n) is 2.82. The first-order valence-corrected chi connectivity index (χ1v) is 6.56. The second-order valence-corrected chi connectivity index (χ2v) is 5.07. The number of hydrogen-bond acceptors (Lipinski definition) is 2. The Morgan fingerprint density at radius 3 is 2.30 bits per heavy atom. The Bertz CT molecular complexity index is 605. The second-order valence-electron chi connectivity index (χ2n) is 4.28. The summed E-state index contributed by atoms with van der Waals surface area (Å²) in [4.78, 5) is 0. The molecular weight excluding hydrogens is 337 g/mol. The van der Waals surface area contributed by atoms with Crippen molar-refractivity contribution in [2.45, 2.75) is 19.7 Å². The van der Waals surface area contributed by atoms with E-state index < -0.39 is 11.7 Å². The van der Waals surface area contributed by atoms with Crippen LogP contribution in [0.15, 0.2) is 28.7 Å². The number of alkyl halides is 3. The summed E-state index contributed by atoms with van der Waals surface area (Å²) in [5.41, 5.74) is 0.961. The van der Waals surface area contributed by atoms with Gasteiger partial charge in [0.05, 0.1) is 21.4 Å². The highest BCUT2D eigenvalue weighted by molar-refractivity contribution is 9.10. The number of benzene rings is 1. The Labute approximate surface area is 122 Å². The zero-order valence-electron chi connectivity index (χ0n) is 10.8. The predicted molar refractivity (Wildman–Crippen MR) is 71.4 cm³/mol. The molecular formula is C13H12BrF3N2O. The van der Waals surface area contributed by atoms with Crippen LogP contribution in [0.3, 0.4) is 0 Å². The van der Waals surface area contributed by atoms with Gasteiger partial charge in [-0.25, -0.2) is 0 Å². The van der Waals surface area contributed by atoms with Gasteiger partial charge in [0, 0.05) is 7.05 Å². The van der Waals surface area contributed by atoms with Crippen LogP contribution in [0.2, 0.25) is 0 Å². The predicted octanol–water partition coefficient (Wildman–Crippen LogP) is 4.09. The summed E-state index contributed by atoms with van der Waals surface area (Å²) in [5.74, 6) is 0.378. The molecule has 108 valence electrons. The molecule has 1 aromatic carbocycles. The number of nitrogens with zero attached hydrogens (tertiary/aromatic N) is 2. The first-order valence-electron chi connectivity index (χ1n) is 5.77. The molecule has 0 N–H and O–H groups in total. The molecule has 0 bridgehead atoms. The minimum absolute atomic E-state index is 0.225. The molecule has 0 aliphatic heterocycles. The first kappa shape index (κ1) is 14.9. The van der Waals surface area contributed by atoms with Crippen LogP contribution in [-0.2, 0) is 19.8 Å². The molecule has 1 aromatic heterocycles. The normalized spacial score (nSPS) is 11.7. The summed E-state index contributed by atoms with van der Waals surface area (Å²) in [6.07, 6.45) is -4.33. The zero-order valence-corrected chi connectivity index (χ0v) is 12.4. The highest BCUT2D eigenvalue weighted by Gasteiger charge is 2.30. The lowest BCUT2D eigenvalue weighted by Crippen LogP contribution is -2.05. The van der Waals surface area contributed by atoms with Crippen molar-refractivity contribution in [1.29, 1.82) is 0 Å². The van der Waals surface area contributed by atoms with Crippen LogP contribution in [0.4, 0.5) is 13.2 Å². The standard InChI is InChI=1S/C13H12BrF3N2O/c1-8-12(14)11(19(2)18-8)7-20-10-5-3-9(4-6-10)13(15,16)17/h3-6H,7H2,1-2H3. The molecule has 3 nitrogen and oxygen atoms in total. The average molecular weight is 349 g/mol. The number of aryl methyl sites for hydroxylation is 2. The van der Waals surface area contributed by atoms with E-state index in [2.05, 4.69) is 21.0 Å². The summed E-state index contributed by atoms with van der Waals surface area (Å²) in [6, 6.07) is 4.61. The van der Waals surface area contributed by atoms with E-state index in [1.807, 2.05) is 6.92 Å². The molecule has 0 spiro atoms. The molecule has 2 rings (SSSR count). The Morgan fingerprint density at radius 2 is 1.85 bits per heavy atom. The summed E-state index contributed by atoms with van der Waals surface area (Å²) in [6.45, 7) is 2.08. The third-order valence-corrected chi connectivity index (χ3v) is 3.85. The van der Waals surface area contributed by atoms with Crippen LogP contribution >= 0.6 is 15.9 Å². The van der Waals surface area contributed by atoms with E-state index in [4.69, 9.17) is 4.74 Å². The smallest absolute Gasteiger partial charge is 0.416 e. The van der Waals surface area contributed by atoms with Crippen LogP contribution < -0.4 is 4.74 Å². The topological polar surface area (TPSA) is 27.1 Å². The van der Waals surface area contributed by atoms with Crippen molar-refractivity contribution in [1.82, 2.24) is 9.78 Å². The van der Waals surface area contributed by atoms with Crippen LogP contribution in [0.25, 0.3) is 0 Å². The van der Waals surface area contributed by atoms with Crippen molar-refractivity contribution < 1.29 is 17.9 Å². The molecule has 0 fully saturated rings. The largest absolute Gasteiger partial charge is 0.487 e. The van der Waals surface area contributed by atoms with Crippen LogP contribution in [0, 0.1) is 6.92 Å². The molecule has 0 unspecified atom stereocenters. The third kappa shape index (κ3) is 3.15. The highest BCUT2D eigenvalue weighted by atomic mass is 79.9. The first-order chi connectivity index (χ1) is 9.29. The fourth-order valence-electron chi connectivity index (χ4n) is 1.73. The SMILES string of the molecule is Cc1nn(C)c(COc2ccc(C(F)(F)F)cc2)c1Br. The second kappa shape index (κ2) is 5.47. The maximum absolute atomic E-state index is 12.4. The quantitative estimate of drug-likeness (QED) is 0.835. The summed E-state index contributed by atoms with van der Waals surface area (Å²) in [5, 5.41) is 4.21. The maximum Gasteiger partial charge on any atom is 0.416 e. The summed E-state index contributed by atoms with van der Waals surface area (Å²) >= 11 is 3.40. The van der Waals surface area contributed by atoms with Crippen LogP contribution in [-0.4, -0.2) is 9.78 Å². The molecule has 0 radical (unpaired) electrons. The van der Waals surface area contributed by atoms with Gasteiger partial charge in [0.1, 0.15) is 12.4 Å². The van der Waals surface area contributed by atoms with E-state index in [-0.39, 0.29) is 6.61 Å². The number of aromatic nitrogens is 2. The number of hydrogen-bond donors (Lipinski definition) is 0. The maximum atomic E-state index is 12.4. The molecule has 2 aromatic rings. The molecule has 0 saturated heterocycles. The molecule has 1 heterocycles. The summed E-state index contributed by atoms with van der Waals surface area (Å²) < 4.78 is 45.2. The molecule has 7 heteroatoms. The van der Waals surface area contributed by atoms with E-state index in [9.17, 15) is 13.2 Å². The van der Waals surface area contributed by atoms with Gasteiger partial charge in [-0.1, -0.05) is 0 Å². The lowest BCUT2D eigenvalue weighted by Gasteiger charge is -2.09. The molecule has 20 heavy (non-hydrogen) atoms. The van der Waals surface area contributed by atoms with E-state index >= 15 is 0 Å². The van der Waals surface area contributed by atoms with Gasteiger partial charge >= 0.3 is 6.18 Å². The van der Waals surface area contributed by atoms with Gasteiger partial charge in [0.15, 0.2) is 0 Å². The number of halogens is 4. The van der Waals surface area contributed by atoms with Crippen molar-refractivity contribution >= 4 is 15.9 Å². The van der Waals surface area contributed by atoms with Gasteiger partial charge in [0.25, 0.3) is 0 Å². The van der Waals surface area contributed by atoms with Gasteiger partial charge in [-0.15, -0.1) is 0 Å². The van der Waals surface area contributed by atoms with E-state index in [0.717, 1.165) is 28.0 Å². The Balaban J connectivity index is 2.08. The lowest BCUT2D eigenvalue weighted by molar-refractivity contribution is -0.137. The average Bonchev–Trinajstić information content (AvgIpc) is 2.61. The minimum Gasteiger partial charge on any atom is -0.487 e. The Kier molecular flexibility index (Phi) is 4.08.